The van der Waals surface area contributed by atoms with E-state index in [0.29, 0.717) is 44.5 Å². The molecule has 0 radical (unpaired) electrons. The minimum atomic E-state index is -1.27. The molecule has 2 aliphatic heterocycles. The van der Waals surface area contributed by atoms with Crippen LogP contribution in [0.4, 0.5) is 0 Å². The highest BCUT2D eigenvalue weighted by atomic mass is 16.5. The maximum absolute atomic E-state index is 13.9. The molecule has 0 aliphatic carbocycles. The molecule has 266 valence electrons. The molecule has 3 heterocycles. The second kappa shape index (κ2) is 18.1. The number of amides is 6. The van der Waals surface area contributed by atoms with E-state index in [2.05, 4.69) is 31.6 Å². The monoisotopic (exact) mass is 681 g/mol. The van der Waals surface area contributed by atoms with E-state index in [0.717, 1.165) is 5.56 Å². The number of hydrogen-bond acceptors (Lipinski definition) is 9. The number of nitrogens with one attached hydrogen (secondary N) is 4. The summed E-state index contributed by atoms with van der Waals surface area (Å²) in [5.41, 5.74) is 6.94. The molecule has 49 heavy (non-hydrogen) atoms. The quantitative estimate of drug-likeness (QED) is 0.249. The molecule has 4 rings (SSSR count). The lowest BCUT2D eigenvalue weighted by Crippen LogP contribution is -2.59. The molecular formula is C33H47N9O7. The summed E-state index contributed by atoms with van der Waals surface area (Å²) >= 11 is 0. The minimum absolute atomic E-state index is 0.00217. The van der Waals surface area contributed by atoms with E-state index in [1.54, 1.807) is 28.9 Å². The second-order valence-corrected chi connectivity index (χ2v) is 12.8. The van der Waals surface area contributed by atoms with Gasteiger partial charge in [-0.15, -0.1) is 5.10 Å². The predicted molar refractivity (Wildman–Crippen MR) is 176 cm³/mol. The van der Waals surface area contributed by atoms with Gasteiger partial charge in [0, 0.05) is 25.9 Å². The van der Waals surface area contributed by atoms with Crippen LogP contribution in [0.15, 0.2) is 36.5 Å². The van der Waals surface area contributed by atoms with Gasteiger partial charge >= 0.3 is 0 Å². The normalized spacial score (nSPS) is 22.5. The Morgan fingerprint density at radius 2 is 1.82 bits per heavy atom. The molecule has 1 fully saturated rings. The summed E-state index contributed by atoms with van der Waals surface area (Å²) in [6.07, 6.45) is 4.19. The molecule has 6 amide bonds. The van der Waals surface area contributed by atoms with Gasteiger partial charge in [0.25, 0.3) is 0 Å². The van der Waals surface area contributed by atoms with Gasteiger partial charge < -0.3 is 36.6 Å². The number of nitrogens with two attached hydrogens (primary N) is 1. The standard InChI is InChI=1S/C33H47N9O7/c1-21(2)15-24(30(34)45)37-32(47)26-20-49-19-23-17-36-40-42(23)14-7-6-12-28(43)35-18-29(44)41-13-8-11-27(41)33(48)38-25(31(46)39-26)16-22-9-4-3-5-10-22/h3-5,9-10,17,21,24-27H,6-8,11-16,18-20H2,1-2H3,(H2,34,45)(H,35,43)(H,37,47)(H,38,48)(H,39,46)/t24-,25+,26-,27-/m0/s1. The number of aryl methyl sites for hydroxylation is 1. The van der Waals surface area contributed by atoms with Gasteiger partial charge in [-0.3, -0.25) is 28.8 Å². The molecule has 1 aromatic carbocycles. The van der Waals surface area contributed by atoms with Crippen LogP contribution in [-0.4, -0.2) is 99.2 Å². The lowest BCUT2D eigenvalue weighted by atomic mass is 10.0. The lowest BCUT2D eigenvalue weighted by molar-refractivity contribution is -0.140. The van der Waals surface area contributed by atoms with Crippen molar-refractivity contribution in [1.29, 1.82) is 0 Å². The van der Waals surface area contributed by atoms with Crippen LogP contribution in [0.5, 0.6) is 0 Å². The van der Waals surface area contributed by atoms with E-state index >= 15 is 0 Å². The zero-order valence-corrected chi connectivity index (χ0v) is 28.1. The first-order valence-electron chi connectivity index (χ1n) is 16.8. The Morgan fingerprint density at radius 1 is 1.04 bits per heavy atom. The number of hydrogen-bond donors (Lipinski definition) is 5. The first-order valence-corrected chi connectivity index (χ1v) is 16.8. The van der Waals surface area contributed by atoms with Gasteiger partial charge in [-0.2, -0.15) is 0 Å². The topological polar surface area (TPSA) is 220 Å². The van der Waals surface area contributed by atoms with Gasteiger partial charge in [0.15, 0.2) is 0 Å². The van der Waals surface area contributed by atoms with E-state index in [1.165, 1.54) is 11.1 Å². The molecule has 6 N–H and O–H groups in total. The first-order chi connectivity index (χ1) is 23.5. The molecule has 16 heteroatoms. The fourth-order valence-corrected chi connectivity index (χ4v) is 5.88. The number of nitrogens with zero attached hydrogens (tertiary/aromatic N) is 4. The number of aromatic nitrogens is 3. The molecule has 2 aromatic rings. The molecule has 1 aromatic heterocycles. The fraction of sp³-hybridized carbons (Fsp3) is 0.576. The minimum Gasteiger partial charge on any atom is -0.372 e. The Morgan fingerprint density at radius 3 is 2.55 bits per heavy atom. The molecular weight excluding hydrogens is 634 g/mol. The van der Waals surface area contributed by atoms with Crippen LogP contribution in [0.2, 0.25) is 0 Å². The lowest BCUT2D eigenvalue weighted by Gasteiger charge is -2.28. The number of ether oxygens (including phenoxy) is 1. The first kappa shape index (κ1) is 37.0. The van der Waals surface area contributed by atoms with Gasteiger partial charge in [-0.05, 0) is 43.6 Å². The van der Waals surface area contributed by atoms with Gasteiger partial charge in [-0.1, -0.05) is 49.4 Å². The average Bonchev–Trinajstić information content (AvgIpc) is 3.74. The third kappa shape index (κ3) is 11.1. The van der Waals surface area contributed by atoms with Gasteiger partial charge in [-0.25, -0.2) is 4.68 Å². The SMILES string of the molecule is CC(C)C[C@H](NC(=O)[C@@H]1COCc2cnnn2CCCCC(=O)NCC(=O)N2CCC[C@H]2C(=O)N[C@H](Cc2ccccc2)C(=O)N1)C(N)=O. The van der Waals surface area contributed by atoms with E-state index < -0.39 is 53.7 Å². The van der Waals surface area contributed by atoms with E-state index in [9.17, 15) is 28.8 Å². The molecule has 0 saturated carbocycles. The predicted octanol–water partition coefficient (Wildman–Crippen LogP) is -0.686. The van der Waals surface area contributed by atoms with Crippen LogP contribution in [0, 0.1) is 5.92 Å². The smallest absolute Gasteiger partial charge is 0.245 e. The number of carbonyl (C=O) groups excluding carboxylic acids is 6. The molecule has 0 spiro atoms. The number of rotatable bonds is 7. The van der Waals surface area contributed by atoms with Crippen LogP contribution in [0.1, 0.15) is 63.6 Å². The van der Waals surface area contributed by atoms with Crippen molar-refractivity contribution >= 4 is 35.4 Å². The van der Waals surface area contributed by atoms with Crippen molar-refractivity contribution in [2.45, 2.75) is 96.1 Å². The maximum atomic E-state index is 13.9. The third-order valence-electron chi connectivity index (χ3n) is 8.48. The van der Waals surface area contributed by atoms with Crippen LogP contribution < -0.4 is 27.0 Å². The summed E-state index contributed by atoms with van der Waals surface area (Å²) < 4.78 is 7.52. The molecule has 0 unspecified atom stereocenters. The molecule has 4 atom stereocenters. The number of fused-ring (bicyclic) bond motifs is 2. The average molecular weight is 682 g/mol. The van der Waals surface area contributed by atoms with Crippen molar-refractivity contribution in [2.75, 3.05) is 19.7 Å². The van der Waals surface area contributed by atoms with Crippen molar-refractivity contribution in [3.63, 3.8) is 0 Å². The summed E-state index contributed by atoms with van der Waals surface area (Å²) in [6.45, 7) is 4.02. The molecule has 1 saturated heterocycles. The largest absolute Gasteiger partial charge is 0.372 e. The van der Waals surface area contributed by atoms with E-state index in [4.69, 9.17) is 10.5 Å². The number of carbonyl (C=O) groups is 6. The van der Waals surface area contributed by atoms with Crippen molar-refractivity contribution in [3.8, 4) is 0 Å². The van der Waals surface area contributed by atoms with Crippen LogP contribution >= 0.6 is 0 Å². The highest BCUT2D eigenvalue weighted by Crippen LogP contribution is 2.18. The summed E-state index contributed by atoms with van der Waals surface area (Å²) in [6, 6.07) is 4.82. The number of benzene rings is 1. The number of primary amides is 1. The Hall–Kier alpha value is -4.86. The highest BCUT2D eigenvalue weighted by Gasteiger charge is 2.37. The second-order valence-electron chi connectivity index (χ2n) is 12.8. The van der Waals surface area contributed by atoms with Crippen molar-refractivity contribution < 1.29 is 33.5 Å². The van der Waals surface area contributed by atoms with Gasteiger partial charge in [0.2, 0.25) is 35.4 Å². The van der Waals surface area contributed by atoms with Gasteiger partial charge in [0.05, 0.1) is 31.6 Å². The maximum Gasteiger partial charge on any atom is 0.245 e. The van der Waals surface area contributed by atoms with E-state index in [-0.39, 0.29) is 50.8 Å². The van der Waals surface area contributed by atoms with Crippen molar-refractivity contribution in [1.82, 2.24) is 41.2 Å². The van der Waals surface area contributed by atoms with Gasteiger partial charge in [0.1, 0.15) is 24.2 Å². The van der Waals surface area contributed by atoms with Crippen LogP contribution in [0.3, 0.4) is 0 Å². The Bertz CT molecular complexity index is 1470. The Labute approximate surface area is 285 Å². The highest BCUT2D eigenvalue weighted by molar-refractivity contribution is 5.96. The third-order valence-corrected chi connectivity index (χ3v) is 8.48. The molecule has 16 nitrogen and oxygen atoms in total. The summed E-state index contributed by atoms with van der Waals surface area (Å²) in [7, 11) is 0. The van der Waals surface area contributed by atoms with Crippen LogP contribution in [-0.2, 0) is 53.1 Å². The fourth-order valence-electron chi connectivity index (χ4n) is 5.88. The van der Waals surface area contributed by atoms with E-state index in [1.807, 2.05) is 19.9 Å². The summed E-state index contributed by atoms with van der Waals surface area (Å²) in [5, 5.41) is 18.9. The van der Waals surface area contributed by atoms with Crippen molar-refractivity contribution in [2.24, 2.45) is 11.7 Å². The zero-order chi connectivity index (χ0) is 35.3. The molecule has 0 bridgehead atoms. The Balaban J connectivity index is 1.61. The zero-order valence-electron chi connectivity index (χ0n) is 28.1. The summed E-state index contributed by atoms with van der Waals surface area (Å²) in [4.78, 5) is 80.4. The van der Waals surface area contributed by atoms with Crippen molar-refractivity contribution in [3.05, 3.63) is 47.8 Å². The summed E-state index contributed by atoms with van der Waals surface area (Å²) in [5.74, 6) is -3.22. The van der Waals surface area contributed by atoms with Crippen LogP contribution in [0.25, 0.3) is 0 Å². The molecule has 2 aliphatic rings. The Kier molecular flexibility index (Phi) is 13.6.